The van der Waals surface area contributed by atoms with E-state index >= 15 is 0 Å². The number of anilines is 2. The molecular weight excluding hydrogens is 412 g/mol. The number of quaternary nitrogens is 1. The van der Waals surface area contributed by atoms with E-state index in [1.54, 1.807) is 0 Å². The lowest BCUT2D eigenvalue weighted by Gasteiger charge is -2.43. The Morgan fingerprint density at radius 3 is 2.70 bits per heavy atom. The van der Waals surface area contributed by atoms with E-state index in [4.69, 9.17) is 4.74 Å². The third-order valence-electron chi connectivity index (χ3n) is 7.10. The Bertz CT molecular complexity index is 1130. The van der Waals surface area contributed by atoms with Gasteiger partial charge < -0.3 is 19.4 Å². The van der Waals surface area contributed by atoms with Crippen molar-refractivity contribution in [3.05, 3.63) is 60.2 Å². The molecule has 33 heavy (non-hydrogen) atoms. The highest BCUT2D eigenvalue weighted by Gasteiger charge is 2.28. The van der Waals surface area contributed by atoms with Crippen molar-refractivity contribution in [2.45, 2.75) is 25.7 Å². The number of rotatable bonds is 7. The van der Waals surface area contributed by atoms with E-state index in [1.165, 1.54) is 23.0 Å². The summed E-state index contributed by atoms with van der Waals surface area (Å²) in [5, 5.41) is 5.50. The van der Waals surface area contributed by atoms with Gasteiger partial charge >= 0.3 is 0 Å². The van der Waals surface area contributed by atoms with Crippen LogP contribution < -0.4 is 15.0 Å². The number of benzene rings is 2. The number of aromatic nitrogens is 1. The molecule has 0 bridgehead atoms. The van der Waals surface area contributed by atoms with Crippen LogP contribution >= 0.6 is 0 Å². The van der Waals surface area contributed by atoms with Gasteiger partial charge in [0.1, 0.15) is 5.82 Å². The Balaban J connectivity index is 1.08. The molecule has 6 heteroatoms. The van der Waals surface area contributed by atoms with E-state index in [1.807, 2.05) is 12.1 Å². The number of carbonyl (C=O) groups is 1. The van der Waals surface area contributed by atoms with Gasteiger partial charge in [-0.3, -0.25) is 4.79 Å². The maximum Gasteiger partial charge on any atom is 0.225 e. The van der Waals surface area contributed by atoms with Crippen LogP contribution in [0.25, 0.3) is 10.8 Å². The number of nitrogens with zero attached hydrogens (tertiary/aromatic N) is 3. The summed E-state index contributed by atoms with van der Waals surface area (Å²) >= 11 is 0. The molecule has 172 valence electrons. The normalized spacial score (nSPS) is 17.5. The van der Waals surface area contributed by atoms with E-state index < -0.39 is 0 Å². The third kappa shape index (κ3) is 4.96. The fourth-order valence-corrected chi connectivity index (χ4v) is 4.97. The minimum atomic E-state index is 0.0321. The van der Waals surface area contributed by atoms with E-state index in [2.05, 4.69) is 64.7 Å². The second-order valence-corrected chi connectivity index (χ2v) is 9.54. The Kier molecular flexibility index (Phi) is 6.18. The van der Waals surface area contributed by atoms with Crippen LogP contribution in [0.4, 0.5) is 11.5 Å². The predicted molar refractivity (Wildman–Crippen MR) is 133 cm³/mol. The van der Waals surface area contributed by atoms with Crippen LogP contribution in [0, 0.1) is 0 Å². The highest BCUT2D eigenvalue weighted by Crippen LogP contribution is 2.28. The number of fused-ring (bicyclic) bond motifs is 2. The van der Waals surface area contributed by atoms with Crippen molar-refractivity contribution in [2.24, 2.45) is 0 Å². The molecule has 0 radical (unpaired) electrons. The zero-order valence-electron chi connectivity index (χ0n) is 19.4. The summed E-state index contributed by atoms with van der Waals surface area (Å²) in [6, 6.07) is 19.2. The molecule has 1 amide bonds. The van der Waals surface area contributed by atoms with Crippen LogP contribution in [0.5, 0.6) is 5.88 Å². The van der Waals surface area contributed by atoms with Gasteiger partial charge in [0, 0.05) is 23.6 Å². The van der Waals surface area contributed by atoms with Gasteiger partial charge in [-0.25, -0.2) is 0 Å². The lowest BCUT2D eigenvalue weighted by Crippen LogP contribution is -2.57. The zero-order valence-corrected chi connectivity index (χ0v) is 19.4. The molecule has 3 heterocycles. The number of piperazine rings is 1. The minimum absolute atomic E-state index is 0.0321. The number of pyridine rings is 1. The van der Waals surface area contributed by atoms with E-state index in [-0.39, 0.29) is 5.91 Å². The maximum atomic E-state index is 11.6. The number of carbonyl (C=O) groups excluding carboxylic acids is 1. The van der Waals surface area contributed by atoms with Crippen molar-refractivity contribution in [1.29, 1.82) is 0 Å². The van der Waals surface area contributed by atoms with E-state index in [0.717, 1.165) is 55.5 Å². The summed E-state index contributed by atoms with van der Waals surface area (Å²) in [6.07, 6.45) is 3.42. The first-order valence-electron chi connectivity index (χ1n) is 12.1. The summed E-state index contributed by atoms with van der Waals surface area (Å²) in [6.45, 7) is 6.33. The van der Waals surface area contributed by atoms with Crippen LogP contribution in [0.3, 0.4) is 0 Å². The van der Waals surface area contributed by atoms with Gasteiger partial charge in [0.15, 0.2) is 0 Å². The number of likely N-dealkylation sites (N-methyl/N-ethyl adjacent to an activating group) is 1. The number of amides is 1. The average Bonchev–Trinajstić information content (AvgIpc) is 2.84. The number of hydrogen-bond donors (Lipinski definition) is 1. The number of nitrogens with one attached hydrogen (secondary N) is 1. The third-order valence-corrected chi connectivity index (χ3v) is 7.10. The predicted octanol–water partition coefficient (Wildman–Crippen LogP) is 4.25. The molecule has 5 rings (SSSR count). The van der Waals surface area contributed by atoms with Gasteiger partial charge in [-0.15, -0.1) is 0 Å². The van der Waals surface area contributed by atoms with Gasteiger partial charge in [0.2, 0.25) is 11.8 Å². The SMILES string of the molecule is C[N+]1(CCCCOc2ccc3c(n2)NC(=O)CC3)CCN(c2cccc3ccccc23)CC1. The smallest absolute Gasteiger partial charge is 0.225 e. The van der Waals surface area contributed by atoms with Crippen molar-refractivity contribution in [2.75, 3.05) is 56.6 Å². The molecule has 0 aliphatic carbocycles. The maximum absolute atomic E-state index is 11.6. The molecule has 6 nitrogen and oxygen atoms in total. The lowest BCUT2D eigenvalue weighted by atomic mass is 10.1. The molecule has 3 aromatic rings. The molecule has 1 fully saturated rings. The van der Waals surface area contributed by atoms with Crippen LogP contribution in [0.1, 0.15) is 24.8 Å². The Morgan fingerprint density at radius 1 is 1.00 bits per heavy atom. The summed E-state index contributed by atoms with van der Waals surface area (Å²) in [5.74, 6) is 1.29. The van der Waals surface area contributed by atoms with Gasteiger partial charge in [-0.1, -0.05) is 36.4 Å². The van der Waals surface area contributed by atoms with Crippen LogP contribution in [0.2, 0.25) is 0 Å². The fourth-order valence-electron chi connectivity index (χ4n) is 4.97. The van der Waals surface area contributed by atoms with Crippen molar-refractivity contribution < 1.29 is 14.0 Å². The first kappa shape index (κ1) is 21.7. The summed E-state index contributed by atoms with van der Waals surface area (Å²) in [7, 11) is 2.38. The van der Waals surface area contributed by atoms with Crippen molar-refractivity contribution in [3.8, 4) is 5.88 Å². The summed E-state index contributed by atoms with van der Waals surface area (Å²) in [5.41, 5.74) is 2.45. The largest absolute Gasteiger partial charge is 0.478 e. The Labute approximate surface area is 195 Å². The van der Waals surface area contributed by atoms with Crippen LogP contribution in [0.15, 0.2) is 54.6 Å². The standard InChI is InChI=1S/C27H32N4O2/c1-31(17-4-5-20-33-26-14-12-22-11-13-25(32)28-27(22)29-26)18-15-30(16-19-31)24-10-6-8-21-7-2-3-9-23(21)24/h2-3,6-10,12,14H,4-5,11,13,15-20H2,1H3/p+1. The minimum Gasteiger partial charge on any atom is -0.478 e. The number of hydrogen-bond acceptors (Lipinski definition) is 4. The van der Waals surface area contributed by atoms with E-state index in [0.29, 0.717) is 24.7 Å². The summed E-state index contributed by atoms with van der Waals surface area (Å²) in [4.78, 5) is 18.6. The lowest BCUT2D eigenvalue weighted by molar-refractivity contribution is -0.910. The molecule has 0 unspecified atom stereocenters. The molecule has 0 spiro atoms. The second kappa shape index (κ2) is 9.40. The van der Waals surface area contributed by atoms with Gasteiger partial charge in [0.05, 0.1) is 46.4 Å². The molecule has 2 aromatic carbocycles. The topological polar surface area (TPSA) is 54.5 Å². The first-order valence-corrected chi connectivity index (χ1v) is 12.1. The van der Waals surface area contributed by atoms with Gasteiger partial charge in [-0.05, 0) is 42.3 Å². The molecule has 1 aromatic heterocycles. The zero-order chi connectivity index (χ0) is 22.7. The molecule has 0 saturated carbocycles. The molecule has 0 atom stereocenters. The van der Waals surface area contributed by atoms with Crippen molar-refractivity contribution in [3.63, 3.8) is 0 Å². The van der Waals surface area contributed by atoms with Crippen LogP contribution in [-0.2, 0) is 11.2 Å². The Hall–Kier alpha value is -3.12. The van der Waals surface area contributed by atoms with Gasteiger partial charge in [-0.2, -0.15) is 4.98 Å². The van der Waals surface area contributed by atoms with Crippen molar-refractivity contribution in [1.82, 2.24) is 4.98 Å². The van der Waals surface area contributed by atoms with Crippen LogP contribution in [-0.4, -0.2) is 61.8 Å². The first-order chi connectivity index (χ1) is 16.1. The summed E-state index contributed by atoms with van der Waals surface area (Å²) < 4.78 is 6.98. The van der Waals surface area contributed by atoms with Crippen molar-refractivity contribution >= 4 is 28.2 Å². The molecule has 1 saturated heterocycles. The number of aryl methyl sites for hydroxylation is 1. The fraction of sp³-hybridized carbons (Fsp3) is 0.407. The quantitative estimate of drug-likeness (QED) is 0.437. The average molecular weight is 446 g/mol. The molecular formula is C27H33N4O2+. The molecule has 2 aliphatic rings. The highest BCUT2D eigenvalue weighted by molar-refractivity contribution is 5.94. The van der Waals surface area contributed by atoms with E-state index in [9.17, 15) is 4.79 Å². The van der Waals surface area contributed by atoms with Gasteiger partial charge in [0.25, 0.3) is 0 Å². The molecule has 2 aliphatic heterocycles. The monoisotopic (exact) mass is 445 g/mol. The second-order valence-electron chi connectivity index (χ2n) is 9.54. The number of ether oxygens (including phenoxy) is 1. The Morgan fingerprint density at radius 2 is 1.82 bits per heavy atom. The highest BCUT2D eigenvalue weighted by atomic mass is 16.5. The number of unbranched alkanes of at least 4 members (excludes halogenated alkanes) is 1. The molecule has 1 N–H and O–H groups in total.